The van der Waals surface area contributed by atoms with Gasteiger partial charge in [-0.2, -0.15) is 0 Å². The van der Waals surface area contributed by atoms with Crippen LogP contribution in [0.5, 0.6) is 0 Å². The third kappa shape index (κ3) is 2.17. The molecule has 104 valence electrons. The predicted octanol–water partition coefficient (Wildman–Crippen LogP) is 6.48. The Morgan fingerprint density at radius 3 is 1.90 bits per heavy atom. The summed E-state index contributed by atoms with van der Waals surface area (Å²) in [4.78, 5) is 0. The maximum absolute atomic E-state index is 2.26. The molecule has 4 aromatic carbocycles. The lowest BCUT2D eigenvalue weighted by Gasteiger charge is -2.08. The Morgan fingerprint density at radius 2 is 1.05 bits per heavy atom. The summed E-state index contributed by atoms with van der Waals surface area (Å²) in [6.45, 7) is 6.18. The fourth-order valence-electron chi connectivity index (χ4n) is 3.01. The Morgan fingerprint density at radius 1 is 0.476 bits per heavy atom. The smallest absolute Gasteiger partial charge is 0.00989 e. The summed E-state index contributed by atoms with van der Waals surface area (Å²) >= 11 is 0. The molecule has 4 aromatic rings. The molecule has 0 bridgehead atoms. The number of hydrogen-bond acceptors (Lipinski definition) is 0. The van der Waals surface area contributed by atoms with Gasteiger partial charge in [0.2, 0.25) is 0 Å². The maximum Gasteiger partial charge on any atom is -0.00989 e. The molecule has 0 N–H and O–H groups in total. The zero-order valence-electron chi connectivity index (χ0n) is 12.9. The summed E-state index contributed by atoms with van der Waals surface area (Å²) in [7, 11) is 0. The molecule has 0 aliphatic rings. The minimum absolute atomic E-state index is 1.31. The maximum atomic E-state index is 2.26. The predicted molar refractivity (Wildman–Crippen MR) is 95.0 cm³/mol. The van der Waals surface area contributed by atoms with E-state index in [1.54, 1.807) is 0 Å². The van der Waals surface area contributed by atoms with Gasteiger partial charge in [-0.1, -0.05) is 80.6 Å². The van der Waals surface area contributed by atoms with Gasteiger partial charge in [0.25, 0.3) is 0 Å². The van der Waals surface area contributed by atoms with Crippen LogP contribution in [0.15, 0.2) is 66.7 Å². The summed E-state index contributed by atoms with van der Waals surface area (Å²) in [6.07, 6.45) is 0. The molecule has 0 atom stereocenters. The largest absolute Gasteiger partial charge is 0.0683 e. The molecule has 0 saturated heterocycles. The Labute approximate surface area is 126 Å². The van der Waals surface area contributed by atoms with E-state index in [-0.39, 0.29) is 0 Å². The average molecular weight is 272 g/mol. The lowest BCUT2D eigenvalue weighted by molar-refractivity contribution is 1.50. The minimum atomic E-state index is 1.31. The van der Waals surface area contributed by atoms with Crippen LogP contribution in [0.1, 0.15) is 19.4 Å². The van der Waals surface area contributed by atoms with Gasteiger partial charge in [-0.15, -0.1) is 0 Å². The van der Waals surface area contributed by atoms with E-state index in [0.717, 1.165) is 0 Å². The van der Waals surface area contributed by atoms with Crippen molar-refractivity contribution in [3.63, 3.8) is 0 Å². The first-order valence-electron chi connectivity index (χ1n) is 7.64. The molecule has 0 heterocycles. The van der Waals surface area contributed by atoms with Crippen LogP contribution in [-0.4, -0.2) is 0 Å². The van der Waals surface area contributed by atoms with Gasteiger partial charge in [0.1, 0.15) is 0 Å². The van der Waals surface area contributed by atoms with Crippen LogP contribution in [-0.2, 0) is 0 Å². The van der Waals surface area contributed by atoms with Crippen LogP contribution >= 0.6 is 0 Å². The lowest BCUT2D eigenvalue weighted by Crippen LogP contribution is -1.82. The van der Waals surface area contributed by atoms with E-state index in [4.69, 9.17) is 0 Å². The summed E-state index contributed by atoms with van der Waals surface area (Å²) in [5.74, 6) is 0. The zero-order chi connectivity index (χ0) is 14.8. The molecule has 0 saturated carbocycles. The number of rotatable bonds is 0. The molecule has 0 heteroatoms. The first-order valence-corrected chi connectivity index (χ1v) is 7.64. The van der Waals surface area contributed by atoms with Crippen LogP contribution in [0.4, 0.5) is 0 Å². The Balaban J connectivity index is 0.000000636. The topological polar surface area (TPSA) is 0 Å². The molecule has 0 aliphatic heterocycles. The summed E-state index contributed by atoms with van der Waals surface area (Å²) in [5, 5.41) is 8.04. The third-order valence-corrected chi connectivity index (χ3v) is 4.00. The van der Waals surface area contributed by atoms with Crippen molar-refractivity contribution in [1.82, 2.24) is 0 Å². The Bertz CT molecular complexity index is 917. The average Bonchev–Trinajstić information content (AvgIpc) is 2.56. The van der Waals surface area contributed by atoms with Crippen LogP contribution in [0.25, 0.3) is 32.3 Å². The highest BCUT2D eigenvalue weighted by atomic mass is 14.1. The molecular weight excluding hydrogens is 252 g/mol. The van der Waals surface area contributed by atoms with Crippen molar-refractivity contribution in [2.75, 3.05) is 0 Å². The monoisotopic (exact) mass is 272 g/mol. The van der Waals surface area contributed by atoms with Gasteiger partial charge in [0, 0.05) is 0 Å². The van der Waals surface area contributed by atoms with Crippen molar-refractivity contribution in [3.8, 4) is 0 Å². The highest BCUT2D eigenvalue weighted by molar-refractivity contribution is 6.17. The normalized spacial score (nSPS) is 10.6. The van der Waals surface area contributed by atoms with Crippen LogP contribution in [0.2, 0.25) is 0 Å². The molecule has 0 unspecified atom stereocenters. The van der Waals surface area contributed by atoms with Gasteiger partial charge >= 0.3 is 0 Å². The van der Waals surface area contributed by atoms with Gasteiger partial charge < -0.3 is 0 Å². The highest BCUT2D eigenvalue weighted by Gasteiger charge is 2.04. The molecular formula is C21H20. The Hall–Kier alpha value is -2.34. The van der Waals surface area contributed by atoms with Crippen LogP contribution < -0.4 is 0 Å². The van der Waals surface area contributed by atoms with E-state index in [0.29, 0.717) is 0 Å². The van der Waals surface area contributed by atoms with Crippen molar-refractivity contribution in [3.05, 3.63) is 72.3 Å². The van der Waals surface area contributed by atoms with Gasteiger partial charge in [-0.3, -0.25) is 0 Å². The standard InChI is InChI=1S/C19H14.C2H6/c1-13-5-4-8-17-15(13)11-12-18-16-7-3-2-6-14(16)9-10-19(17)18;1-2/h2-12H,1H3;1-2H3. The van der Waals surface area contributed by atoms with Crippen molar-refractivity contribution in [2.24, 2.45) is 0 Å². The van der Waals surface area contributed by atoms with E-state index in [9.17, 15) is 0 Å². The fourth-order valence-corrected chi connectivity index (χ4v) is 3.01. The molecule has 0 nitrogen and oxygen atoms in total. The van der Waals surface area contributed by atoms with Gasteiger partial charge in [-0.05, 0) is 44.8 Å². The number of fused-ring (bicyclic) bond motifs is 5. The molecule has 0 radical (unpaired) electrons. The van der Waals surface area contributed by atoms with E-state index >= 15 is 0 Å². The molecule has 0 spiro atoms. The van der Waals surface area contributed by atoms with Gasteiger partial charge in [-0.25, -0.2) is 0 Å². The highest BCUT2D eigenvalue weighted by Crippen LogP contribution is 2.32. The van der Waals surface area contributed by atoms with Crippen molar-refractivity contribution in [2.45, 2.75) is 20.8 Å². The molecule has 21 heavy (non-hydrogen) atoms. The third-order valence-electron chi connectivity index (χ3n) is 4.00. The van der Waals surface area contributed by atoms with Gasteiger partial charge in [0.05, 0.1) is 0 Å². The summed E-state index contributed by atoms with van der Waals surface area (Å²) < 4.78 is 0. The fraction of sp³-hybridized carbons (Fsp3) is 0.143. The van der Waals surface area contributed by atoms with Gasteiger partial charge in [0.15, 0.2) is 0 Å². The van der Waals surface area contributed by atoms with E-state index < -0.39 is 0 Å². The Kier molecular flexibility index (Phi) is 3.62. The molecule has 4 rings (SSSR count). The van der Waals surface area contributed by atoms with E-state index in [1.165, 1.54) is 37.9 Å². The van der Waals surface area contributed by atoms with Crippen LogP contribution in [0, 0.1) is 6.92 Å². The lowest BCUT2D eigenvalue weighted by atomic mass is 9.95. The molecule has 0 aliphatic carbocycles. The summed E-state index contributed by atoms with van der Waals surface area (Å²) in [5.41, 5.74) is 1.34. The summed E-state index contributed by atoms with van der Waals surface area (Å²) in [6, 6.07) is 24.1. The second-order valence-corrected chi connectivity index (χ2v) is 5.12. The zero-order valence-corrected chi connectivity index (χ0v) is 12.9. The minimum Gasteiger partial charge on any atom is -0.0683 e. The number of benzene rings is 4. The van der Waals surface area contributed by atoms with E-state index in [2.05, 4.69) is 73.7 Å². The molecule has 0 fully saturated rings. The second-order valence-electron chi connectivity index (χ2n) is 5.12. The van der Waals surface area contributed by atoms with Crippen molar-refractivity contribution in [1.29, 1.82) is 0 Å². The van der Waals surface area contributed by atoms with Crippen molar-refractivity contribution < 1.29 is 0 Å². The number of hydrogen-bond donors (Lipinski definition) is 0. The first kappa shape index (κ1) is 13.6. The first-order chi connectivity index (χ1) is 10.3. The quantitative estimate of drug-likeness (QED) is 0.321. The molecule has 0 amide bonds. The van der Waals surface area contributed by atoms with E-state index in [1.807, 2.05) is 13.8 Å². The second kappa shape index (κ2) is 5.57. The van der Waals surface area contributed by atoms with Crippen LogP contribution in [0.3, 0.4) is 0 Å². The van der Waals surface area contributed by atoms with Crippen molar-refractivity contribution >= 4 is 32.3 Å². The molecule has 0 aromatic heterocycles. The SMILES string of the molecule is CC.Cc1cccc2c1ccc1c3ccccc3ccc21. The number of aryl methyl sites for hydroxylation is 1.